The minimum absolute atomic E-state index is 0.143. The molecule has 20 heavy (non-hydrogen) atoms. The highest BCUT2D eigenvalue weighted by molar-refractivity contribution is 7.86. The number of hydrogen-bond donors (Lipinski definition) is 1. The Morgan fingerprint density at radius 1 is 1.25 bits per heavy atom. The first-order valence-corrected chi connectivity index (χ1v) is 9.32. The van der Waals surface area contributed by atoms with Crippen molar-refractivity contribution in [2.45, 2.75) is 46.1 Å². The molecule has 3 unspecified atom stereocenters. The molecule has 0 aromatic heterocycles. The van der Waals surface area contributed by atoms with E-state index >= 15 is 0 Å². The van der Waals surface area contributed by atoms with Crippen LogP contribution in [0.25, 0.3) is 0 Å². The number of hydrogen-bond acceptors (Lipinski definition) is 3. The topological polar surface area (TPSA) is 52.7 Å². The van der Waals surface area contributed by atoms with Crippen LogP contribution < -0.4 is 5.32 Å². The van der Waals surface area contributed by atoms with E-state index in [0.717, 1.165) is 32.4 Å². The molecule has 0 spiro atoms. The predicted molar refractivity (Wildman–Crippen MR) is 81.7 cm³/mol. The first-order valence-electron chi connectivity index (χ1n) is 7.92. The van der Waals surface area contributed by atoms with Gasteiger partial charge >= 0.3 is 0 Å². The van der Waals surface area contributed by atoms with Crippen molar-refractivity contribution in [1.29, 1.82) is 0 Å². The quantitative estimate of drug-likeness (QED) is 0.832. The van der Waals surface area contributed by atoms with Crippen molar-refractivity contribution in [3.63, 3.8) is 0 Å². The third-order valence-electron chi connectivity index (χ3n) is 4.51. The second-order valence-corrected chi connectivity index (χ2v) is 8.32. The largest absolute Gasteiger partial charge is 0.317 e. The second kappa shape index (κ2) is 6.73. The van der Waals surface area contributed by atoms with Crippen LogP contribution in [0, 0.1) is 11.8 Å². The van der Waals surface area contributed by atoms with E-state index in [-0.39, 0.29) is 6.04 Å². The van der Waals surface area contributed by atoms with Crippen molar-refractivity contribution < 1.29 is 8.42 Å². The summed E-state index contributed by atoms with van der Waals surface area (Å²) < 4.78 is 29.0. The Kier molecular flexibility index (Phi) is 5.45. The molecule has 5 nitrogen and oxygen atoms in total. The Morgan fingerprint density at radius 2 is 2.00 bits per heavy atom. The maximum atomic E-state index is 12.8. The third kappa shape index (κ3) is 3.53. The lowest BCUT2D eigenvalue weighted by atomic mass is 10.00. The van der Waals surface area contributed by atoms with Gasteiger partial charge in [0.25, 0.3) is 10.2 Å². The molecule has 118 valence electrons. The molecule has 2 rings (SSSR count). The minimum atomic E-state index is -3.26. The molecule has 0 amide bonds. The Labute approximate surface area is 123 Å². The van der Waals surface area contributed by atoms with Crippen LogP contribution in [0.4, 0.5) is 0 Å². The lowest BCUT2D eigenvalue weighted by Gasteiger charge is -2.35. The second-order valence-electron chi connectivity index (χ2n) is 6.44. The standard InChI is InChI=1S/C14H29N3O2S/c1-4-15-9-14-6-5-7-16(11-14)20(18,19)17-10-12(2)8-13(17)3/h12-15H,4-11H2,1-3H3. The van der Waals surface area contributed by atoms with Gasteiger partial charge in [0.05, 0.1) is 0 Å². The van der Waals surface area contributed by atoms with Gasteiger partial charge in [0.1, 0.15) is 0 Å². The van der Waals surface area contributed by atoms with E-state index in [1.165, 1.54) is 0 Å². The van der Waals surface area contributed by atoms with E-state index in [1.54, 1.807) is 8.61 Å². The molecule has 3 atom stereocenters. The molecule has 0 bridgehead atoms. The van der Waals surface area contributed by atoms with Crippen LogP contribution in [0.15, 0.2) is 0 Å². The Morgan fingerprint density at radius 3 is 2.60 bits per heavy atom. The summed E-state index contributed by atoms with van der Waals surface area (Å²) in [5.41, 5.74) is 0. The zero-order chi connectivity index (χ0) is 14.8. The molecule has 2 aliphatic heterocycles. The summed E-state index contributed by atoms with van der Waals surface area (Å²) in [4.78, 5) is 0. The zero-order valence-electron chi connectivity index (χ0n) is 13.0. The smallest absolute Gasteiger partial charge is 0.282 e. The fourth-order valence-electron chi connectivity index (χ4n) is 3.48. The fraction of sp³-hybridized carbons (Fsp3) is 1.00. The minimum Gasteiger partial charge on any atom is -0.317 e. The number of nitrogens with zero attached hydrogens (tertiary/aromatic N) is 2. The summed E-state index contributed by atoms with van der Waals surface area (Å²) in [6.07, 6.45) is 3.09. The van der Waals surface area contributed by atoms with Crippen LogP contribution >= 0.6 is 0 Å². The molecule has 6 heteroatoms. The molecule has 1 N–H and O–H groups in total. The van der Waals surface area contributed by atoms with Crippen LogP contribution in [0.3, 0.4) is 0 Å². The summed E-state index contributed by atoms with van der Waals surface area (Å²) >= 11 is 0. The van der Waals surface area contributed by atoms with Crippen molar-refractivity contribution in [2.75, 3.05) is 32.7 Å². The van der Waals surface area contributed by atoms with Gasteiger partial charge in [-0.25, -0.2) is 0 Å². The molecule has 0 aromatic carbocycles. The zero-order valence-corrected chi connectivity index (χ0v) is 13.8. The highest BCUT2D eigenvalue weighted by Crippen LogP contribution is 2.29. The normalized spacial score (nSPS) is 33.6. The average Bonchev–Trinajstić information content (AvgIpc) is 2.76. The van der Waals surface area contributed by atoms with Crippen LogP contribution in [0.1, 0.15) is 40.0 Å². The van der Waals surface area contributed by atoms with Crippen LogP contribution in [-0.2, 0) is 10.2 Å². The third-order valence-corrected chi connectivity index (χ3v) is 6.60. The maximum Gasteiger partial charge on any atom is 0.282 e. The Hall–Kier alpha value is -0.170. The average molecular weight is 303 g/mol. The van der Waals surface area contributed by atoms with E-state index in [9.17, 15) is 8.42 Å². The molecule has 2 heterocycles. The highest BCUT2D eigenvalue weighted by atomic mass is 32.2. The van der Waals surface area contributed by atoms with E-state index < -0.39 is 10.2 Å². The van der Waals surface area contributed by atoms with Gasteiger partial charge in [-0.1, -0.05) is 13.8 Å². The van der Waals surface area contributed by atoms with Gasteiger partial charge in [-0.15, -0.1) is 0 Å². The van der Waals surface area contributed by atoms with E-state index in [2.05, 4.69) is 19.2 Å². The number of nitrogens with one attached hydrogen (secondary N) is 1. The van der Waals surface area contributed by atoms with Gasteiger partial charge in [-0.2, -0.15) is 17.0 Å². The summed E-state index contributed by atoms with van der Waals surface area (Å²) in [6.45, 7) is 10.2. The molecule has 0 aliphatic carbocycles. The maximum absolute atomic E-state index is 12.8. The fourth-order valence-corrected chi connectivity index (χ4v) is 5.52. The summed E-state index contributed by atoms with van der Waals surface area (Å²) in [5.74, 6) is 0.927. The molecule has 0 aromatic rings. The molecular formula is C14H29N3O2S. The van der Waals surface area contributed by atoms with Gasteiger partial charge in [-0.3, -0.25) is 0 Å². The van der Waals surface area contributed by atoms with E-state index in [4.69, 9.17) is 0 Å². The van der Waals surface area contributed by atoms with E-state index in [0.29, 0.717) is 31.5 Å². The lowest BCUT2D eigenvalue weighted by molar-refractivity contribution is 0.241. The monoisotopic (exact) mass is 303 g/mol. The van der Waals surface area contributed by atoms with Crippen molar-refractivity contribution in [3.05, 3.63) is 0 Å². The van der Waals surface area contributed by atoms with Crippen LogP contribution in [-0.4, -0.2) is 55.8 Å². The van der Waals surface area contributed by atoms with Gasteiger partial charge < -0.3 is 5.32 Å². The molecule has 2 fully saturated rings. The molecule has 2 aliphatic rings. The van der Waals surface area contributed by atoms with Crippen molar-refractivity contribution >= 4 is 10.2 Å². The first-order chi connectivity index (χ1) is 9.45. The molecule has 0 saturated carbocycles. The summed E-state index contributed by atoms with van der Waals surface area (Å²) in [5, 5.41) is 3.34. The molecular weight excluding hydrogens is 274 g/mol. The highest BCUT2D eigenvalue weighted by Gasteiger charge is 2.40. The van der Waals surface area contributed by atoms with E-state index in [1.807, 2.05) is 6.92 Å². The van der Waals surface area contributed by atoms with Crippen molar-refractivity contribution in [3.8, 4) is 0 Å². The lowest BCUT2D eigenvalue weighted by Crippen LogP contribution is -2.50. The first kappa shape index (κ1) is 16.2. The SMILES string of the molecule is CCNCC1CCCN(S(=O)(=O)N2CC(C)CC2C)C1. The van der Waals surface area contributed by atoms with Gasteiger partial charge in [0, 0.05) is 25.7 Å². The van der Waals surface area contributed by atoms with Crippen LogP contribution in [0.2, 0.25) is 0 Å². The summed E-state index contributed by atoms with van der Waals surface area (Å²) in [6, 6.07) is 0.143. The molecule has 0 radical (unpaired) electrons. The molecule has 2 saturated heterocycles. The van der Waals surface area contributed by atoms with Gasteiger partial charge in [0.2, 0.25) is 0 Å². The van der Waals surface area contributed by atoms with Gasteiger partial charge in [0.15, 0.2) is 0 Å². The van der Waals surface area contributed by atoms with Crippen molar-refractivity contribution in [2.24, 2.45) is 11.8 Å². The van der Waals surface area contributed by atoms with Crippen LogP contribution in [0.5, 0.6) is 0 Å². The van der Waals surface area contributed by atoms with Crippen molar-refractivity contribution in [1.82, 2.24) is 13.9 Å². The van der Waals surface area contributed by atoms with Gasteiger partial charge in [-0.05, 0) is 51.1 Å². The Balaban J connectivity index is 2.01. The predicted octanol–water partition coefficient (Wildman–Crippen LogP) is 1.28. The summed E-state index contributed by atoms with van der Waals surface area (Å²) in [7, 11) is -3.26. The number of rotatable bonds is 5. The Bertz CT molecular complexity index is 413. The number of piperidine rings is 1.